The zero-order valence-electron chi connectivity index (χ0n) is 8.86. The van der Waals surface area contributed by atoms with Gasteiger partial charge in [0.25, 0.3) is 0 Å². The monoisotopic (exact) mass is 206 g/mol. The highest BCUT2D eigenvalue weighted by Gasteiger charge is 2.08. The van der Waals surface area contributed by atoms with Crippen LogP contribution in [0.15, 0.2) is 22.6 Å². The Morgan fingerprint density at radius 3 is 3.00 bits per heavy atom. The molecule has 0 saturated carbocycles. The molecule has 1 aromatic heterocycles. The minimum atomic E-state index is 0.0555. The molecule has 1 heterocycles. The van der Waals surface area contributed by atoms with Crippen LogP contribution in [0.4, 0.5) is 0 Å². The van der Waals surface area contributed by atoms with Gasteiger partial charge in [0.05, 0.1) is 7.11 Å². The highest BCUT2D eigenvalue weighted by atomic mass is 16.5. The first-order chi connectivity index (χ1) is 7.19. The van der Waals surface area contributed by atoms with Crippen molar-refractivity contribution in [3.8, 4) is 5.75 Å². The van der Waals surface area contributed by atoms with E-state index in [1.165, 1.54) is 0 Å². The standard InChI is InChI=1S/C11H14N2O2/c1-7(12)5-11-13-9-4-3-8(14-2)6-10(9)15-11/h3-4,6-7H,5,12H2,1-2H3. The molecule has 4 heteroatoms. The molecule has 0 radical (unpaired) electrons. The molecule has 0 aliphatic carbocycles. The number of aromatic nitrogens is 1. The number of nitrogens with zero attached hydrogens (tertiary/aromatic N) is 1. The van der Waals surface area contributed by atoms with Crippen LogP contribution >= 0.6 is 0 Å². The summed E-state index contributed by atoms with van der Waals surface area (Å²) in [6, 6.07) is 5.62. The van der Waals surface area contributed by atoms with E-state index in [-0.39, 0.29) is 6.04 Å². The molecule has 0 bridgehead atoms. The molecule has 2 aromatic rings. The van der Waals surface area contributed by atoms with Crippen LogP contribution in [0, 0.1) is 0 Å². The number of ether oxygens (including phenoxy) is 1. The maximum atomic E-state index is 5.68. The van der Waals surface area contributed by atoms with Crippen LogP contribution in [-0.2, 0) is 6.42 Å². The SMILES string of the molecule is COc1ccc2nc(CC(C)N)oc2c1. The van der Waals surface area contributed by atoms with Gasteiger partial charge in [-0.05, 0) is 19.1 Å². The smallest absolute Gasteiger partial charge is 0.197 e. The van der Waals surface area contributed by atoms with Crippen molar-refractivity contribution in [3.63, 3.8) is 0 Å². The third-order valence-corrected chi connectivity index (χ3v) is 2.14. The van der Waals surface area contributed by atoms with Crippen LogP contribution in [0.5, 0.6) is 5.75 Å². The lowest BCUT2D eigenvalue weighted by atomic mass is 10.2. The molecule has 1 aromatic carbocycles. The second kappa shape index (κ2) is 3.90. The molecular weight excluding hydrogens is 192 g/mol. The lowest BCUT2D eigenvalue weighted by molar-refractivity contribution is 0.414. The second-order valence-corrected chi connectivity index (χ2v) is 3.62. The van der Waals surface area contributed by atoms with E-state index in [2.05, 4.69) is 4.98 Å². The van der Waals surface area contributed by atoms with Crippen molar-refractivity contribution < 1.29 is 9.15 Å². The number of nitrogens with two attached hydrogens (primary N) is 1. The number of benzene rings is 1. The normalized spacial score (nSPS) is 13.0. The summed E-state index contributed by atoms with van der Waals surface area (Å²) in [7, 11) is 1.63. The average Bonchev–Trinajstić information content (AvgIpc) is 2.57. The number of hydrogen-bond acceptors (Lipinski definition) is 4. The van der Waals surface area contributed by atoms with Crippen LogP contribution in [0.2, 0.25) is 0 Å². The molecule has 1 unspecified atom stereocenters. The van der Waals surface area contributed by atoms with E-state index in [0.29, 0.717) is 12.3 Å². The Kier molecular flexibility index (Phi) is 2.60. The summed E-state index contributed by atoms with van der Waals surface area (Å²) in [6.07, 6.45) is 0.650. The number of fused-ring (bicyclic) bond motifs is 1. The number of hydrogen-bond donors (Lipinski definition) is 1. The van der Waals surface area contributed by atoms with Crippen LogP contribution in [0.1, 0.15) is 12.8 Å². The largest absolute Gasteiger partial charge is 0.497 e. The molecule has 80 valence electrons. The van der Waals surface area contributed by atoms with Gasteiger partial charge < -0.3 is 14.9 Å². The van der Waals surface area contributed by atoms with Crippen LogP contribution in [0.25, 0.3) is 11.1 Å². The third-order valence-electron chi connectivity index (χ3n) is 2.14. The van der Waals surface area contributed by atoms with Gasteiger partial charge in [0, 0.05) is 18.5 Å². The van der Waals surface area contributed by atoms with Gasteiger partial charge in [0.1, 0.15) is 11.3 Å². The maximum Gasteiger partial charge on any atom is 0.197 e. The van der Waals surface area contributed by atoms with Gasteiger partial charge in [0.2, 0.25) is 0 Å². The topological polar surface area (TPSA) is 61.3 Å². The van der Waals surface area contributed by atoms with E-state index in [9.17, 15) is 0 Å². The molecule has 0 saturated heterocycles. The predicted octanol–water partition coefficient (Wildman–Crippen LogP) is 1.73. The summed E-state index contributed by atoms with van der Waals surface area (Å²) in [6.45, 7) is 1.93. The summed E-state index contributed by atoms with van der Waals surface area (Å²) in [5.74, 6) is 1.44. The zero-order valence-corrected chi connectivity index (χ0v) is 8.86. The van der Waals surface area contributed by atoms with Crippen LogP contribution in [-0.4, -0.2) is 18.1 Å². The predicted molar refractivity (Wildman–Crippen MR) is 57.9 cm³/mol. The molecule has 0 amide bonds. The van der Waals surface area contributed by atoms with Gasteiger partial charge in [-0.1, -0.05) is 0 Å². The molecule has 2 rings (SSSR count). The molecule has 4 nitrogen and oxygen atoms in total. The first-order valence-corrected chi connectivity index (χ1v) is 4.88. The molecule has 0 spiro atoms. The van der Waals surface area contributed by atoms with E-state index in [1.54, 1.807) is 7.11 Å². The Morgan fingerprint density at radius 1 is 1.53 bits per heavy atom. The highest BCUT2D eigenvalue weighted by molar-refractivity contribution is 5.74. The fourth-order valence-electron chi connectivity index (χ4n) is 1.44. The summed E-state index contributed by atoms with van der Waals surface area (Å²) < 4.78 is 10.7. The van der Waals surface area contributed by atoms with Crippen molar-refractivity contribution in [3.05, 3.63) is 24.1 Å². The fourth-order valence-corrected chi connectivity index (χ4v) is 1.44. The minimum Gasteiger partial charge on any atom is -0.497 e. The van der Waals surface area contributed by atoms with Crippen molar-refractivity contribution in [2.75, 3.05) is 7.11 Å². The van der Waals surface area contributed by atoms with Crippen molar-refractivity contribution >= 4 is 11.1 Å². The summed E-state index contributed by atoms with van der Waals surface area (Å²) >= 11 is 0. The number of rotatable bonds is 3. The van der Waals surface area contributed by atoms with Crippen LogP contribution < -0.4 is 10.5 Å². The third kappa shape index (κ3) is 2.10. The Balaban J connectivity index is 2.37. The van der Waals surface area contributed by atoms with Gasteiger partial charge >= 0.3 is 0 Å². The second-order valence-electron chi connectivity index (χ2n) is 3.62. The molecule has 1 atom stereocenters. The maximum absolute atomic E-state index is 5.68. The van der Waals surface area contributed by atoms with Gasteiger partial charge in [-0.15, -0.1) is 0 Å². The first kappa shape index (κ1) is 9.98. The number of oxazole rings is 1. The summed E-state index contributed by atoms with van der Waals surface area (Å²) in [5.41, 5.74) is 7.26. The van der Waals surface area contributed by atoms with E-state index >= 15 is 0 Å². The number of methoxy groups -OCH3 is 1. The Morgan fingerprint density at radius 2 is 2.33 bits per heavy atom. The van der Waals surface area contributed by atoms with Crippen LogP contribution in [0.3, 0.4) is 0 Å². The van der Waals surface area contributed by atoms with E-state index in [0.717, 1.165) is 16.8 Å². The average molecular weight is 206 g/mol. The molecule has 0 aliphatic heterocycles. The van der Waals surface area contributed by atoms with Gasteiger partial charge in [-0.2, -0.15) is 0 Å². The zero-order chi connectivity index (χ0) is 10.8. The summed E-state index contributed by atoms with van der Waals surface area (Å²) in [5, 5.41) is 0. The van der Waals surface area contributed by atoms with Gasteiger partial charge in [-0.25, -0.2) is 4.98 Å². The quantitative estimate of drug-likeness (QED) is 0.830. The molecule has 15 heavy (non-hydrogen) atoms. The van der Waals surface area contributed by atoms with Crippen molar-refractivity contribution in [1.29, 1.82) is 0 Å². The lowest BCUT2D eigenvalue weighted by Crippen LogP contribution is -2.17. The van der Waals surface area contributed by atoms with Gasteiger partial charge in [0.15, 0.2) is 11.5 Å². The van der Waals surface area contributed by atoms with Crippen molar-refractivity contribution in [2.45, 2.75) is 19.4 Å². The van der Waals surface area contributed by atoms with Crippen molar-refractivity contribution in [1.82, 2.24) is 4.98 Å². The lowest BCUT2D eigenvalue weighted by Gasteiger charge is -1.97. The van der Waals surface area contributed by atoms with E-state index in [4.69, 9.17) is 14.9 Å². The fraction of sp³-hybridized carbons (Fsp3) is 0.364. The molecule has 0 fully saturated rings. The van der Waals surface area contributed by atoms with E-state index in [1.807, 2.05) is 25.1 Å². The Bertz CT molecular complexity index is 463. The minimum absolute atomic E-state index is 0.0555. The highest BCUT2D eigenvalue weighted by Crippen LogP contribution is 2.21. The first-order valence-electron chi connectivity index (χ1n) is 4.88. The molecule has 2 N–H and O–H groups in total. The van der Waals surface area contributed by atoms with Crippen molar-refractivity contribution in [2.24, 2.45) is 5.73 Å². The molecule has 0 aliphatic rings. The summed E-state index contributed by atoms with van der Waals surface area (Å²) in [4.78, 5) is 4.33. The van der Waals surface area contributed by atoms with Gasteiger partial charge in [-0.3, -0.25) is 0 Å². The Hall–Kier alpha value is -1.55. The van der Waals surface area contributed by atoms with E-state index < -0.39 is 0 Å². The molecular formula is C11H14N2O2. The Labute approximate surface area is 88.0 Å².